The van der Waals surface area contributed by atoms with E-state index in [0.717, 1.165) is 10.7 Å². The Morgan fingerprint density at radius 2 is 1.81 bits per heavy atom. The molecule has 0 aliphatic rings. The van der Waals surface area contributed by atoms with Gasteiger partial charge in [-0.1, -0.05) is 12.1 Å². The van der Waals surface area contributed by atoms with E-state index in [0.29, 0.717) is 0 Å². The number of esters is 1. The van der Waals surface area contributed by atoms with Gasteiger partial charge in [0, 0.05) is 3.57 Å². The van der Waals surface area contributed by atoms with Crippen LogP contribution >= 0.6 is 22.6 Å². The van der Waals surface area contributed by atoms with Crippen LogP contribution in [-0.2, 0) is 9.53 Å². The number of alkyl halides is 3. The highest BCUT2D eigenvalue weighted by molar-refractivity contribution is 14.1. The summed E-state index contributed by atoms with van der Waals surface area (Å²) in [5.74, 6) is -3.51. The first kappa shape index (κ1) is 13.3. The van der Waals surface area contributed by atoms with Crippen molar-refractivity contribution in [3.63, 3.8) is 0 Å². The molecule has 1 unspecified atom stereocenters. The molecule has 0 saturated carbocycles. The van der Waals surface area contributed by atoms with Crippen LogP contribution in [0.5, 0.6) is 0 Å². The molecule has 0 spiro atoms. The first-order valence-corrected chi connectivity index (χ1v) is 5.34. The van der Waals surface area contributed by atoms with Gasteiger partial charge < -0.3 is 4.74 Å². The molecule has 1 aromatic carbocycles. The molecule has 0 heterocycles. The molecular formula is C10H8F3IO2. The Bertz CT molecular complexity index is 373. The first-order valence-electron chi connectivity index (χ1n) is 4.26. The molecular weight excluding hydrogens is 336 g/mol. The number of halogens is 4. The fraction of sp³-hybridized carbons (Fsp3) is 0.300. The smallest absolute Gasteiger partial charge is 0.406 e. The van der Waals surface area contributed by atoms with Gasteiger partial charge in [-0.2, -0.15) is 13.2 Å². The zero-order valence-electron chi connectivity index (χ0n) is 8.22. The molecule has 1 atom stereocenters. The molecule has 2 nitrogen and oxygen atoms in total. The third-order valence-corrected chi connectivity index (χ3v) is 2.69. The fourth-order valence-corrected chi connectivity index (χ4v) is 1.59. The third-order valence-electron chi connectivity index (χ3n) is 1.97. The van der Waals surface area contributed by atoms with Gasteiger partial charge in [-0.3, -0.25) is 4.79 Å². The number of benzene rings is 1. The van der Waals surface area contributed by atoms with Crippen molar-refractivity contribution < 1.29 is 22.7 Å². The zero-order chi connectivity index (χ0) is 12.3. The molecule has 1 rings (SSSR count). The van der Waals surface area contributed by atoms with E-state index in [1.165, 1.54) is 24.3 Å². The average molecular weight is 344 g/mol. The molecule has 0 radical (unpaired) electrons. The summed E-state index contributed by atoms with van der Waals surface area (Å²) in [7, 11) is 0.938. The predicted octanol–water partition coefficient (Wildman–Crippen LogP) is 3.11. The van der Waals surface area contributed by atoms with Gasteiger partial charge in [0.05, 0.1) is 7.11 Å². The lowest BCUT2D eigenvalue weighted by molar-refractivity contribution is -0.179. The quantitative estimate of drug-likeness (QED) is 0.609. The summed E-state index contributed by atoms with van der Waals surface area (Å²) in [6.45, 7) is 0. The topological polar surface area (TPSA) is 26.3 Å². The Morgan fingerprint density at radius 1 is 1.31 bits per heavy atom. The summed E-state index contributed by atoms with van der Waals surface area (Å²) >= 11 is 1.97. The summed E-state index contributed by atoms with van der Waals surface area (Å²) in [4.78, 5) is 11.1. The van der Waals surface area contributed by atoms with Gasteiger partial charge in [-0.25, -0.2) is 0 Å². The molecule has 0 aliphatic heterocycles. The summed E-state index contributed by atoms with van der Waals surface area (Å²) in [6, 6.07) is 5.57. The lowest BCUT2D eigenvalue weighted by atomic mass is 9.99. The SMILES string of the molecule is COC(=O)C(c1ccc(I)cc1)C(F)(F)F. The molecule has 0 amide bonds. The van der Waals surface area contributed by atoms with E-state index < -0.39 is 18.1 Å². The maximum atomic E-state index is 12.6. The number of ether oxygens (including phenoxy) is 1. The second-order valence-electron chi connectivity index (χ2n) is 3.05. The number of rotatable bonds is 2. The minimum atomic E-state index is -4.64. The molecule has 0 fully saturated rings. The van der Waals surface area contributed by atoms with Crippen LogP contribution in [0.4, 0.5) is 13.2 Å². The van der Waals surface area contributed by atoms with Gasteiger partial charge in [-0.05, 0) is 40.3 Å². The fourth-order valence-electron chi connectivity index (χ4n) is 1.23. The first-order chi connectivity index (χ1) is 7.36. The summed E-state index contributed by atoms with van der Waals surface area (Å²) < 4.78 is 42.9. The Hall–Kier alpha value is -0.790. The van der Waals surface area contributed by atoms with Crippen molar-refractivity contribution in [3.05, 3.63) is 33.4 Å². The minimum absolute atomic E-state index is 0.111. The summed E-state index contributed by atoms with van der Waals surface area (Å²) in [5.41, 5.74) is -0.111. The molecule has 88 valence electrons. The highest BCUT2D eigenvalue weighted by Gasteiger charge is 2.46. The van der Waals surface area contributed by atoms with E-state index in [2.05, 4.69) is 4.74 Å². The van der Waals surface area contributed by atoms with Crippen molar-refractivity contribution in [2.75, 3.05) is 7.11 Å². The van der Waals surface area contributed by atoms with Crippen molar-refractivity contribution in [3.8, 4) is 0 Å². The van der Waals surface area contributed by atoms with Crippen molar-refractivity contribution in [1.82, 2.24) is 0 Å². The Balaban J connectivity index is 3.11. The highest BCUT2D eigenvalue weighted by Crippen LogP contribution is 2.35. The van der Waals surface area contributed by atoms with Crippen molar-refractivity contribution in [2.45, 2.75) is 12.1 Å². The number of hydrogen-bond donors (Lipinski definition) is 0. The molecule has 0 N–H and O–H groups in total. The number of carbonyl (C=O) groups is 1. The monoisotopic (exact) mass is 344 g/mol. The predicted molar refractivity (Wildman–Crippen MR) is 60.0 cm³/mol. The second-order valence-corrected chi connectivity index (χ2v) is 4.29. The van der Waals surface area contributed by atoms with Gasteiger partial charge in [0.25, 0.3) is 0 Å². The van der Waals surface area contributed by atoms with Crippen molar-refractivity contribution in [1.29, 1.82) is 0 Å². The Kier molecular flexibility index (Phi) is 4.17. The van der Waals surface area contributed by atoms with E-state index in [1.807, 2.05) is 22.6 Å². The maximum Gasteiger partial charge on any atom is 0.406 e. The molecule has 16 heavy (non-hydrogen) atoms. The van der Waals surface area contributed by atoms with Crippen LogP contribution in [0, 0.1) is 3.57 Å². The second kappa shape index (κ2) is 5.03. The zero-order valence-corrected chi connectivity index (χ0v) is 10.4. The number of methoxy groups -OCH3 is 1. The van der Waals surface area contributed by atoms with E-state index in [9.17, 15) is 18.0 Å². The van der Waals surface area contributed by atoms with Crippen LogP contribution in [0.1, 0.15) is 11.5 Å². The molecule has 0 aromatic heterocycles. The summed E-state index contributed by atoms with van der Waals surface area (Å²) in [5, 5.41) is 0. The van der Waals surface area contributed by atoms with Gasteiger partial charge in [0.1, 0.15) is 0 Å². The Labute approximate surface area is 104 Å². The minimum Gasteiger partial charge on any atom is -0.468 e. The number of hydrogen-bond acceptors (Lipinski definition) is 2. The molecule has 0 saturated heterocycles. The van der Waals surface area contributed by atoms with Crippen LogP contribution in [0.3, 0.4) is 0 Å². The van der Waals surface area contributed by atoms with Crippen LogP contribution in [-0.4, -0.2) is 19.3 Å². The van der Waals surface area contributed by atoms with E-state index >= 15 is 0 Å². The number of carbonyl (C=O) groups excluding carboxylic acids is 1. The van der Waals surface area contributed by atoms with Crippen molar-refractivity contribution in [2.24, 2.45) is 0 Å². The van der Waals surface area contributed by atoms with Gasteiger partial charge in [0.15, 0.2) is 5.92 Å². The van der Waals surface area contributed by atoms with E-state index in [1.54, 1.807) is 0 Å². The van der Waals surface area contributed by atoms with Gasteiger partial charge in [0.2, 0.25) is 0 Å². The Morgan fingerprint density at radius 3 is 2.19 bits per heavy atom. The maximum absolute atomic E-state index is 12.6. The van der Waals surface area contributed by atoms with E-state index in [4.69, 9.17) is 0 Å². The lowest BCUT2D eigenvalue weighted by Gasteiger charge is -2.18. The van der Waals surface area contributed by atoms with Crippen LogP contribution in [0.15, 0.2) is 24.3 Å². The van der Waals surface area contributed by atoms with Crippen LogP contribution in [0.25, 0.3) is 0 Å². The van der Waals surface area contributed by atoms with Crippen molar-refractivity contribution >= 4 is 28.6 Å². The lowest BCUT2D eigenvalue weighted by Crippen LogP contribution is -2.29. The normalized spacial score (nSPS) is 13.3. The standard InChI is InChI=1S/C10H8F3IO2/c1-16-9(15)8(10(11,12)13)6-2-4-7(14)5-3-6/h2-5,8H,1H3. The van der Waals surface area contributed by atoms with Gasteiger partial charge >= 0.3 is 12.1 Å². The molecule has 1 aromatic rings. The molecule has 0 bridgehead atoms. The molecule has 6 heteroatoms. The summed E-state index contributed by atoms with van der Waals surface area (Å²) in [6.07, 6.45) is -4.64. The van der Waals surface area contributed by atoms with Crippen LogP contribution < -0.4 is 0 Å². The van der Waals surface area contributed by atoms with E-state index in [-0.39, 0.29) is 5.56 Å². The molecule has 0 aliphatic carbocycles. The third kappa shape index (κ3) is 3.10. The van der Waals surface area contributed by atoms with Gasteiger partial charge in [-0.15, -0.1) is 0 Å². The van der Waals surface area contributed by atoms with Crippen LogP contribution in [0.2, 0.25) is 0 Å². The average Bonchev–Trinajstić information content (AvgIpc) is 2.19. The highest BCUT2D eigenvalue weighted by atomic mass is 127. The largest absolute Gasteiger partial charge is 0.468 e.